The Bertz CT molecular complexity index is 227. The Balaban J connectivity index is 2.66. The maximum absolute atomic E-state index is 12.2. The minimum absolute atomic E-state index is 0.112. The zero-order chi connectivity index (χ0) is 11.5. The second-order valence-corrected chi connectivity index (χ2v) is 4.39. The van der Waals surface area contributed by atoms with Crippen LogP contribution in [0, 0.1) is 0 Å². The first kappa shape index (κ1) is 12.5. The Kier molecular flexibility index (Phi) is 4.11. The number of ether oxygens (including phenoxy) is 1. The van der Waals surface area contributed by atoms with E-state index in [1.807, 2.05) is 18.7 Å². The van der Waals surface area contributed by atoms with E-state index in [2.05, 4.69) is 12.2 Å². The molecule has 1 aliphatic heterocycles. The van der Waals surface area contributed by atoms with Crippen molar-refractivity contribution in [1.29, 1.82) is 0 Å². The van der Waals surface area contributed by atoms with Gasteiger partial charge in [0.15, 0.2) is 0 Å². The number of hydrogen-bond donors (Lipinski definition) is 1. The molecule has 0 aliphatic carbocycles. The Morgan fingerprint density at radius 3 is 2.80 bits per heavy atom. The molecular weight excluding hydrogens is 192 g/mol. The molecule has 1 heterocycles. The molecular formula is C11H22N2O2. The Morgan fingerprint density at radius 2 is 2.33 bits per heavy atom. The van der Waals surface area contributed by atoms with Gasteiger partial charge in [0.2, 0.25) is 0 Å². The molecule has 1 fully saturated rings. The Labute approximate surface area is 92.0 Å². The molecule has 1 amide bonds. The predicted molar refractivity (Wildman–Crippen MR) is 59.7 cm³/mol. The number of nitrogens with one attached hydrogen (secondary N) is 1. The molecule has 1 unspecified atom stereocenters. The van der Waals surface area contributed by atoms with Gasteiger partial charge >= 0.3 is 0 Å². The Hall–Kier alpha value is -0.610. The van der Waals surface area contributed by atoms with Crippen LogP contribution in [0.5, 0.6) is 0 Å². The normalized spacial score (nSPS) is 26.1. The number of methoxy groups -OCH3 is 1. The van der Waals surface area contributed by atoms with Crippen molar-refractivity contribution in [3.8, 4) is 0 Å². The van der Waals surface area contributed by atoms with E-state index in [1.54, 1.807) is 7.11 Å². The van der Waals surface area contributed by atoms with Gasteiger partial charge in [0, 0.05) is 32.8 Å². The highest BCUT2D eigenvalue weighted by Crippen LogP contribution is 2.18. The molecule has 2 atom stereocenters. The Morgan fingerprint density at radius 1 is 1.67 bits per heavy atom. The highest BCUT2D eigenvalue weighted by Gasteiger charge is 2.36. The zero-order valence-corrected chi connectivity index (χ0v) is 10.2. The van der Waals surface area contributed by atoms with Crippen LogP contribution in [-0.4, -0.2) is 49.2 Å². The molecule has 1 aliphatic rings. The average Bonchev–Trinajstić information content (AvgIpc) is 2.27. The van der Waals surface area contributed by atoms with E-state index in [-0.39, 0.29) is 5.91 Å². The van der Waals surface area contributed by atoms with Gasteiger partial charge in [-0.05, 0) is 20.3 Å². The fraction of sp³-hybridized carbons (Fsp3) is 0.909. The van der Waals surface area contributed by atoms with Crippen molar-refractivity contribution in [2.75, 3.05) is 26.7 Å². The molecule has 0 aromatic heterocycles. The third kappa shape index (κ3) is 2.69. The summed E-state index contributed by atoms with van der Waals surface area (Å²) < 4.78 is 5.33. The number of hydrogen-bond acceptors (Lipinski definition) is 3. The van der Waals surface area contributed by atoms with Crippen LogP contribution in [0.15, 0.2) is 0 Å². The lowest BCUT2D eigenvalue weighted by atomic mass is 10.0. The van der Waals surface area contributed by atoms with Crippen molar-refractivity contribution in [3.63, 3.8) is 0 Å². The van der Waals surface area contributed by atoms with Crippen molar-refractivity contribution in [3.05, 3.63) is 0 Å². The summed E-state index contributed by atoms with van der Waals surface area (Å²) in [6.07, 6.45) is 0.709. The van der Waals surface area contributed by atoms with Gasteiger partial charge in [-0.15, -0.1) is 0 Å². The molecule has 0 bridgehead atoms. The van der Waals surface area contributed by atoms with Crippen molar-refractivity contribution in [2.45, 2.75) is 38.8 Å². The summed E-state index contributed by atoms with van der Waals surface area (Å²) in [6, 6.07) is 0.376. The van der Waals surface area contributed by atoms with Crippen LogP contribution >= 0.6 is 0 Å². The van der Waals surface area contributed by atoms with Gasteiger partial charge in [0.1, 0.15) is 5.60 Å². The van der Waals surface area contributed by atoms with Crippen LogP contribution in [0.25, 0.3) is 0 Å². The number of rotatable bonds is 3. The van der Waals surface area contributed by atoms with Crippen molar-refractivity contribution < 1.29 is 9.53 Å². The standard InChI is InChI=1S/C11H22N2O2/c1-5-11(3,15-4)10(14)13-7-6-12-9(2)8-13/h9,12H,5-8H2,1-4H3/t9-,11?/m0/s1. The van der Waals surface area contributed by atoms with Gasteiger partial charge in [-0.25, -0.2) is 0 Å². The van der Waals surface area contributed by atoms with Crippen LogP contribution in [0.2, 0.25) is 0 Å². The first-order chi connectivity index (χ1) is 7.03. The molecule has 1 rings (SSSR count). The van der Waals surface area contributed by atoms with Gasteiger partial charge in [-0.1, -0.05) is 6.92 Å². The molecule has 0 radical (unpaired) electrons. The molecule has 0 saturated carbocycles. The van der Waals surface area contributed by atoms with E-state index >= 15 is 0 Å². The predicted octanol–water partition coefficient (Wildman–Crippen LogP) is 0.622. The zero-order valence-electron chi connectivity index (χ0n) is 10.2. The number of nitrogens with zero attached hydrogens (tertiary/aromatic N) is 1. The SMILES string of the molecule is CCC(C)(OC)C(=O)N1CCN[C@@H](C)C1. The van der Waals surface area contributed by atoms with Crippen molar-refractivity contribution in [1.82, 2.24) is 10.2 Å². The summed E-state index contributed by atoms with van der Waals surface area (Å²) in [5.41, 5.74) is -0.656. The quantitative estimate of drug-likeness (QED) is 0.749. The number of piperazine rings is 1. The summed E-state index contributed by atoms with van der Waals surface area (Å²) in [5.74, 6) is 0.112. The van der Waals surface area contributed by atoms with Crippen LogP contribution in [0.1, 0.15) is 27.2 Å². The lowest BCUT2D eigenvalue weighted by Gasteiger charge is -2.37. The smallest absolute Gasteiger partial charge is 0.254 e. The van der Waals surface area contributed by atoms with Crippen LogP contribution in [-0.2, 0) is 9.53 Å². The lowest BCUT2D eigenvalue weighted by molar-refractivity contribution is -0.154. The molecule has 4 nitrogen and oxygen atoms in total. The van der Waals surface area contributed by atoms with Crippen molar-refractivity contribution >= 4 is 5.91 Å². The largest absolute Gasteiger partial charge is 0.369 e. The van der Waals surface area contributed by atoms with E-state index in [0.717, 1.165) is 19.6 Å². The summed E-state index contributed by atoms with van der Waals surface area (Å²) in [5, 5.41) is 3.32. The molecule has 1 N–H and O–H groups in total. The molecule has 88 valence electrons. The third-order valence-corrected chi connectivity index (χ3v) is 3.23. The lowest BCUT2D eigenvalue weighted by Crippen LogP contribution is -2.57. The average molecular weight is 214 g/mol. The second kappa shape index (κ2) is 4.94. The second-order valence-electron chi connectivity index (χ2n) is 4.39. The van der Waals surface area contributed by atoms with Gasteiger partial charge in [-0.3, -0.25) is 4.79 Å². The minimum atomic E-state index is -0.656. The molecule has 0 aromatic carbocycles. The van der Waals surface area contributed by atoms with Gasteiger partial charge in [0.25, 0.3) is 5.91 Å². The van der Waals surface area contributed by atoms with E-state index < -0.39 is 5.60 Å². The summed E-state index contributed by atoms with van der Waals surface area (Å²) in [7, 11) is 1.60. The number of carbonyl (C=O) groups is 1. The third-order valence-electron chi connectivity index (χ3n) is 3.23. The van der Waals surface area contributed by atoms with Crippen molar-refractivity contribution in [2.24, 2.45) is 0 Å². The monoisotopic (exact) mass is 214 g/mol. The highest BCUT2D eigenvalue weighted by molar-refractivity contribution is 5.85. The van der Waals surface area contributed by atoms with E-state index in [0.29, 0.717) is 12.5 Å². The summed E-state index contributed by atoms with van der Waals surface area (Å²) >= 11 is 0. The fourth-order valence-corrected chi connectivity index (χ4v) is 1.83. The number of carbonyl (C=O) groups excluding carboxylic acids is 1. The molecule has 15 heavy (non-hydrogen) atoms. The first-order valence-electron chi connectivity index (χ1n) is 5.61. The van der Waals surface area contributed by atoms with Gasteiger partial charge in [-0.2, -0.15) is 0 Å². The van der Waals surface area contributed by atoms with E-state index in [1.165, 1.54) is 0 Å². The van der Waals surface area contributed by atoms with E-state index in [4.69, 9.17) is 4.74 Å². The van der Waals surface area contributed by atoms with E-state index in [9.17, 15) is 4.79 Å². The van der Waals surface area contributed by atoms with Gasteiger partial charge < -0.3 is 15.0 Å². The summed E-state index contributed by atoms with van der Waals surface area (Å²) in [6.45, 7) is 8.36. The minimum Gasteiger partial charge on any atom is -0.369 e. The van der Waals surface area contributed by atoms with Crippen LogP contribution < -0.4 is 5.32 Å². The maximum atomic E-state index is 12.2. The fourth-order valence-electron chi connectivity index (χ4n) is 1.83. The molecule has 1 saturated heterocycles. The molecule has 0 spiro atoms. The van der Waals surface area contributed by atoms with Crippen LogP contribution in [0.4, 0.5) is 0 Å². The topological polar surface area (TPSA) is 41.6 Å². The maximum Gasteiger partial charge on any atom is 0.254 e. The van der Waals surface area contributed by atoms with Crippen LogP contribution in [0.3, 0.4) is 0 Å². The molecule has 0 aromatic rings. The van der Waals surface area contributed by atoms with Gasteiger partial charge in [0.05, 0.1) is 0 Å². The molecule has 4 heteroatoms. The number of amides is 1. The highest BCUT2D eigenvalue weighted by atomic mass is 16.5. The first-order valence-corrected chi connectivity index (χ1v) is 5.61. The summed E-state index contributed by atoms with van der Waals surface area (Å²) in [4.78, 5) is 14.1.